The van der Waals surface area contributed by atoms with E-state index in [1.807, 2.05) is 25.1 Å². The van der Waals surface area contributed by atoms with Crippen LogP contribution in [0.2, 0.25) is 0 Å². The van der Waals surface area contributed by atoms with Crippen molar-refractivity contribution in [3.05, 3.63) is 33.8 Å². The summed E-state index contributed by atoms with van der Waals surface area (Å²) in [5.74, 6) is 0.476. The first-order valence-electron chi connectivity index (χ1n) is 5.65. The Morgan fingerprint density at radius 3 is 2.82 bits per heavy atom. The lowest BCUT2D eigenvalue weighted by atomic mass is 10.1. The second-order valence-electron chi connectivity index (χ2n) is 4.28. The Morgan fingerprint density at radius 2 is 2.18 bits per heavy atom. The van der Waals surface area contributed by atoms with Gasteiger partial charge in [-0.25, -0.2) is 0 Å². The van der Waals surface area contributed by atoms with Gasteiger partial charge in [-0.3, -0.25) is 4.79 Å². The molecule has 94 valence electrons. The molecule has 0 aromatic heterocycles. The number of benzene rings is 1. The van der Waals surface area contributed by atoms with Crippen molar-refractivity contribution in [3.8, 4) is 0 Å². The van der Waals surface area contributed by atoms with E-state index in [-0.39, 0.29) is 5.91 Å². The summed E-state index contributed by atoms with van der Waals surface area (Å²) in [5.41, 5.74) is 1.79. The predicted molar refractivity (Wildman–Crippen MR) is 78.8 cm³/mol. The summed E-state index contributed by atoms with van der Waals surface area (Å²) >= 11 is 6.80. The number of aryl methyl sites for hydroxylation is 1. The maximum absolute atomic E-state index is 12.0. The second kappa shape index (κ2) is 7.17. The van der Waals surface area contributed by atoms with Gasteiger partial charge in [0.05, 0.1) is 5.56 Å². The summed E-state index contributed by atoms with van der Waals surface area (Å²) in [5, 5.41) is 3.93. The highest BCUT2D eigenvalue weighted by atomic mass is 79.9. The van der Waals surface area contributed by atoms with Gasteiger partial charge in [0.2, 0.25) is 0 Å². The molecule has 0 aliphatic heterocycles. The number of alkyl halides is 1. The van der Waals surface area contributed by atoms with Crippen LogP contribution in [0.4, 0.5) is 0 Å². The minimum atomic E-state index is -0.0120. The van der Waals surface area contributed by atoms with Crippen molar-refractivity contribution in [1.29, 1.82) is 0 Å². The molecular formula is C13H17Br2NO. The Labute approximate surface area is 119 Å². The van der Waals surface area contributed by atoms with Gasteiger partial charge in [0.1, 0.15) is 0 Å². The Kier molecular flexibility index (Phi) is 6.20. The summed E-state index contributed by atoms with van der Waals surface area (Å²) in [6.07, 6.45) is 1.06. The molecule has 0 radical (unpaired) electrons. The lowest BCUT2D eigenvalue weighted by molar-refractivity contribution is 0.0947. The number of carbonyl (C=O) groups excluding carboxylic acids is 1. The first-order valence-corrected chi connectivity index (χ1v) is 7.56. The van der Waals surface area contributed by atoms with Crippen LogP contribution in [-0.4, -0.2) is 17.8 Å². The zero-order valence-electron chi connectivity index (χ0n) is 10.1. The quantitative estimate of drug-likeness (QED) is 0.790. The average Bonchev–Trinajstić information content (AvgIpc) is 2.29. The zero-order valence-corrected chi connectivity index (χ0v) is 13.3. The zero-order chi connectivity index (χ0) is 12.8. The number of hydrogen-bond acceptors (Lipinski definition) is 1. The fourth-order valence-corrected chi connectivity index (χ4v) is 2.67. The van der Waals surface area contributed by atoms with Crippen LogP contribution < -0.4 is 5.32 Å². The van der Waals surface area contributed by atoms with Crippen LogP contribution >= 0.6 is 31.9 Å². The molecule has 0 fully saturated rings. The summed E-state index contributed by atoms with van der Waals surface area (Å²) in [6.45, 7) is 4.83. The van der Waals surface area contributed by atoms with Crippen LogP contribution in [0.15, 0.2) is 22.7 Å². The molecule has 0 heterocycles. The average molecular weight is 363 g/mol. The summed E-state index contributed by atoms with van der Waals surface area (Å²) < 4.78 is 0.841. The van der Waals surface area contributed by atoms with Gasteiger partial charge in [0, 0.05) is 16.3 Å². The molecular weight excluding hydrogens is 346 g/mol. The normalized spacial score (nSPS) is 12.2. The van der Waals surface area contributed by atoms with Crippen LogP contribution in [0, 0.1) is 12.8 Å². The maximum Gasteiger partial charge on any atom is 0.252 e. The fraction of sp³-hybridized carbons (Fsp3) is 0.462. The molecule has 2 nitrogen and oxygen atoms in total. The lowest BCUT2D eigenvalue weighted by Crippen LogP contribution is -2.28. The number of nitrogens with one attached hydrogen (secondary N) is 1. The SMILES string of the molecule is Cc1ccc(Br)c(C(=O)NCC(C)CCBr)c1. The fourth-order valence-electron chi connectivity index (χ4n) is 1.46. The van der Waals surface area contributed by atoms with Crippen LogP contribution in [0.1, 0.15) is 29.3 Å². The number of hydrogen-bond donors (Lipinski definition) is 1. The standard InChI is InChI=1S/C13H17Br2NO/c1-9-3-4-12(15)11(7-9)13(17)16-8-10(2)5-6-14/h3-4,7,10H,5-6,8H2,1-2H3,(H,16,17). The Balaban J connectivity index is 2.61. The van der Waals surface area contributed by atoms with Crippen molar-refractivity contribution in [2.24, 2.45) is 5.92 Å². The van der Waals surface area contributed by atoms with E-state index in [9.17, 15) is 4.79 Å². The monoisotopic (exact) mass is 361 g/mol. The van der Waals surface area contributed by atoms with Crippen molar-refractivity contribution < 1.29 is 4.79 Å². The van der Waals surface area contributed by atoms with Gasteiger partial charge >= 0.3 is 0 Å². The molecule has 1 unspecified atom stereocenters. The van der Waals surface area contributed by atoms with E-state index in [0.29, 0.717) is 18.0 Å². The number of amides is 1. The Hall–Kier alpha value is -0.350. The van der Waals surface area contributed by atoms with Crippen LogP contribution in [0.25, 0.3) is 0 Å². The van der Waals surface area contributed by atoms with Gasteiger partial charge in [0.25, 0.3) is 5.91 Å². The largest absolute Gasteiger partial charge is 0.352 e. The van der Waals surface area contributed by atoms with Crippen LogP contribution in [-0.2, 0) is 0 Å². The van der Waals surface area contributed by atoms with Crippen molar-refractivity contribution in [2.75, 3.05) is 11.9 Å². The van der Waals surface area contributed by atoms with Crippen LogP contribution in [0.5, 0.6) is 0 Å². The molecule has 0 bridgehead atoms. The van der Waals surface area contributed by atoms with Gasteiger partial charge in [0.15, 0.2) is 0 Å². The van der Waals surface area contributed by atoms with E-state index >= 15 is 0 Å². The predicted octanol–water partition coefficient (Wildman–Crippen LogP) is 3.91. The highest BCUT2D eigenvalue weighted by Crippen LogP contribution is 2.18. The first-order chi connectivity index (χ1) is 8.04. The molecule has 4 heteroatoms. The minimum absolute atomic E-state index is 0.0120. The molecule has 0 saturated carbocycles. The molecule has 1 amide bonds. The number of rotatable bonds is 5. The number of carbonyl (C=O) groups is 1. The van der Waals surface area contributed by atoms with Crippen molar-refractivity contribution in [1.82, 2.24) is 5.32 Å². The minimum Gasteiger partial charge on any atom is -0.352 e. The van der Waals surface area contributed by atoms with E-state index in [0.717, 1.165) is 21.8 Å². The lowest BCUT2D eigenvalue weighted by Gasteiger charge is -2.12. The summed E-state index contributed by atoms with van der Waals surface area (Å²) in [4.78, 5) is 12.0. The molecule has 0 spiro atoms. The van der Waals surface area contributed by atoms with Gasteiger partial charge in [-0.1, -0.05) is 34.5 Å². The van der Waals surface area contributed by atoms with E-state index in [4.69, 9.17) is 0 Å². The molecule has 0 saturated heterocycles. The highest BCUT2D eigenvalue weighted by molar-refractivity contribution is 9.10. The molecule has 0 aliphatic carbocycles. The van der Waals surface area contributed by atoms with E-state index in [2.05, 4.69) is 44.1 Å². The summed E-state index contributed by atoms with van der Waals surface area (Å²) in [6, 6.07) is 5.79. The van der Waals surface area contributed by atoms with Crippen LogP contribution in [0.3, 0.4) is 0 Å². The van der Waals surface area contributed by atoms with E-state index in [1.165, 1.54) is 0 Å². The third-order valence-electron chi connectivity index (χ3n) is 2.58. The molecule has 17 heavy (non-hydrogen) atoms. The maximum atomic E-state index is 12.0. The molecule has 1 N–H and O–H groups in total. The van der Waals surface area contributed by atoms with Gasteiger partial charge < -0.3 is 5.32 Å². The molecule has 1 atom stereocenters. The van der Waals surface area contributed by atoms with Crippen molar-refractivity contribution in [2.45, 2.75) is 20.3 Å². The molecule has 0 aliphatic rings. The third kappa shape index (κ3) is 4.80. The highest BCUT2D eigenvalue weighted by Gasteiger charge is 2.11. The first kappa shape index (κ1) is 14.7. The number of halogens is 2. The van der Waals surface area contributed by atoms with E-state index < -0.39 is 0 Å². The molecule has 1 aromatic carbocycles. The van der Waals surface area contributed by atoms with Gasteiger partial charge in [-0.15, -0.1) is 0 Å². The second-order valence-corrected chi connectivity index (χ2v) is 5.92. The molecule has 1 aromatic rings. The smallest absolute Gasteiger partial charge is 0.252 e. The van der Waals surface area contributed by atoms with E-state index in [1.54, 1.807) is 0 Å². The topological polar surface area (TPSA) is 29.1 Å². The van der Waals surface area contributed by atoms with Crippen molar-refractivity contribution >= 4 is 37.8 Å². The Morgan fingerprint density at radius 1 is 1.47 bits per heavy atom. The summed E-state index contributed by atoms with van der Waals surface area (Å²) in [7, 11) is 0. The third-order valence-corrected chi connectivity index (χ3v) is 3.73. The van der Waals surface area contributed by atoms with Crippen molar-refractivity contribution in [3.63, 3.8) is 0 Å². The molecule has 1 rings (SSSR count). The van der Waals surface area contributed by atoms with Gasteiger partial charge in [-0.2, -0.15) is 0 Å². The Bertz CT molecular complexity index is 393. The van der Waals surface area contributed by atoms with Gasteiger partial charge in [-0.05, 0) is 47.3 Å².